The number of benzene rings is 2. The maximum Gasteiger partial charge on any atom is 0.490 e. The van der Waals surface area contributed by atoms with Crippen molar-refractivity contribution >= 4 is 71.0 Å². The largest absolute Gasteiger partial charge is 0.490 e. The van der Waals surface area contributed by atoms with E-state index in [1.54, 1.807) is 74.5 Å². The number of rotatable bonds is 24. The Kier molecular flexibility index (Phi) is 35.6. The number of ether oxygens (including phenoxy) is 2. The molecule has 3 aliphatic heterocycles. The smallest absolute Gasteiger partial charge is 0.475 e. The van der Waals surface area contributed by atoms with Gasteiger partial charge in [-0.1, -0.05) is 102 Å². The molecule has 0 spiro atoms. The zero-order chi connectivity index (χ0) is 73.5. The maximum absolute atomic E-state index is 14.6. The molecule has 5 rings (SSSR count). The Labute approximate surface area is 563 Å². The molecule has 0 saturated carbocycles. The standard InChI is InChI=1S/C60H92N12O12.2C2HF3O2/c1-7-51(73)65-39(23-15-17-25-61)55(77)67-41-31-47-59(81)71-45(29-37-19-11-9-12-20-37)57(79)70-44(28-36(5)6)54(76)64-34-50-42(68-56(78)40(24-16-18-26-62)66-52(74)8-2)32-48(84-50)60(82)72-46(30-38-21-13-10-14-22-38)58(80)69-43(27-35(3)4)53(75)63-33-49(41)83-47;2*3-2(4,5)1(6)7/h9-14,19-22,35-36,39-50H,7-8,15-18,23-34,61-62H2,1-6H3,(H,63,75)(H,64,76)(H,65,73)(H,66,74)(H,67,77)(H,68,78)(H,69,80)(H,70,79)(H,71,81)(H,72,82);2*(H,6,7)/t39-,40-,41-,42-,43-,44-,45-,46-,47-,48-,49+,50+;;/m0../s1. The lowest BCUT2D eigenvalue weighted by atomic mass is 10.00. The molecule has 0 aromatic heterocycles. The molecular formula is C64H94F6N12O16. The van der Waals surface area contributed by atoms with Crippen LogP contribution in [0.25, 0.3) is 0 Å². The highest BCUT2D eigenvalue weighted by Crippen LogP contribution is 2.25. The van der Waals surface area contributed by atoms with Gasteiger partial charge in [0.2, 0.25) is 59.1 Å². The van der Waals surface area contributed by atoms with Gasteiger partial charge < -0.3 is 84.3 Å². The lowest BCUT2D eigenvalue weighted by Gasteiger charge is -2.27. The van der Waals surface area contributed by atoms with Crippen LogP contribution in [0.2, 0.25) is 0 Å². The van der Waals surface area contributed by atoms with Crippen LogP contribution in [0.3, 0.4) is 0 Å². The summed E-state index contributed by atoms with van der Waals surface area (Å²) < 4.78 is 76.3. The molecule has 98 heavy (non-hydrogen) atoms. The highest BCUT2D eigenvalue weighted by atomic mass is 19.4. The molecule has 3 aliphatic rings. The predicted octanol–water partition coefficient (Wildman–Crippen LogP) is 1.35. The van der Waals surface area contributed by atoms with Gasteiger partial charge in [0.15, 0.2) is 0 Å². The molecule has 0 unspecified atom stereocenters. The van der Waals surface area contributed by atoms with Crippen LogP contribution in [0.1, 0.15) is 130 Å². The van der Waals surface area contributed by atoms with Crippen molar-refractivity contribution in [1.29, 1.82) is 0 Å². The van der Waals surface area contributed by atoms with Gasteiger partial charge in [0.1, 0.15) is 48.5 Å². The number of aliphatic carboxylic acids is 2. The zero-order valence-electron chi connectivity index (χ0n) is 55.6. The van der Waals surface area contributed by atoms with Crippen LogP contribution in [0.15, 0.2) is 60.7 Å². The molecule has 3 heterocycles. The summed E-state index contributed by atoms with van der Waals surface area (Å²) in [5.74, 6) is -11.7. The van der Waals surface area contributed by atoms with Gasteiger partial charge in [0.25, 0.3) is 0 Å². The second-order valence-electron chi connectivity index (χ2n) is 24.5. The van der Waals surface area contributed by atoms with Crippen LogP contribution in [0, 0.1) is 11.8 Å². The SMILES string of the molecule is CCC(=O)N[C@@H](CCCCN)C(=O)N[C@H]1C[C@@H]2O[C@@H]1CNC(=O)[C@H](CC(C)C)NC(=O)[C@H](Cc1ccccc1)NC(=O)[C@@H]1C[C@H](NC(=O)[C@H](CCCCN)NC(=O)CC)[C@@H](CNC(=O)[C@H](CC(C)C)NC(=O)[C@H](Cc3ccccc3)NC2=O)O1.O=C(O)C(F)(F)F.O=C(O)C(F)(F)F. The van der Waals surface area contributed by atoms with Crippen molar-refractivity contribution in [2.75, 3.05) is 26.2 Å². The van der Waals surface area contributed by atoms with Crippen molar-refractivity contribution in [2.45, 2.75) is 217 Å². The van der Waals surface area contributed by atoms with E-state index in [0.717, 1.165) is 0 Å². The van der Waals surface area contributed by atoms with Crippen molar-refractivity contribution in [1.82, 2.24) is 53.2 Å². The third kappa shape index (κ3) is 30.1. The first kappa shape index (κ1) is 83.7. The fourth-order valence-electron chi connectivity index (χ4n) is 10.4. The topological polar surface area (TPSA) is 436 Å². The van der Waals surface area contributed by atoms with E-state index in [1.165, 1.54) is 0 Å². The normalized spacial score (nSPS) is 23.3. The molecule has 548 valence electrons. The number of unbranched alkanes of at least 4 members (excludes halogenated alkanes) is 2. The minimum atomic E-state index is -5.08. The first-order valence-electron chi connectivity index (χ1n) is 32.5. The summed E-state index contributed by atoms with van der Waals surface area (Å²) >= 11 is 0. The molecule has 0 aliphatic carbocycles. The minimum absolute atomic E-state index is 0.00968. The van der Waals surface area contributed by atoms with Gasteiger partial charge in [0.05, 0.1) is 24.3 Å². The lowest BCUT2D eigenvalue weighted by Crippen LogP contribution is -2.57. The fourth-order valence-corrected chi connectivity index (χ4v) is 10.4. The molecule has 3 saturated heterocycles. The molecule has 28 nitrogen and oxygen atoms in total. The number of alkyl halides is 6. The Balaban J connectivity index is 0.00000160. The van der Waals surface area contributed by atoms with Crippen LogP contribution >= 0.6 is 0 Å². The summed E-state index contributed by atoms with van der Waals surface area (Å²) in [6.07, 6.45) is -11.8. The highest BCUT2D eigenvalue weighted by molar-refractivity contribution is 5.95. The monoisotopic (exact) mass is 1400 g/mol. The average molecular weight is 1400 g/mol. The molecule has 2 aromatic carbocycles. The summed E-state index contributed by atoms with van der Waals surface area (Å²) in [6, 6.07) is 9.22. The number of carboxylic acid groups (broad SMARTS) is 2. The number of hydrogen-bond acceptors (Lipinski definition) is 16. The molecule has 0 radical (unpaired) electrons. The number of carbonyl (C=O) groups is 12. The molecule has 34 heteroatoms. The second kappa shape index (κ2) is 41.7. The number of carboxylic acids is 2. The van der Waals surface area contributed by atoms with Crippen molar-refractivity contribution in [3.8, 4) is 0 Å². The summed E-state index contributed by atoms with van der Waals surface area (Å²) in [5.41, 5.74) is 12.9. The molecule has 12 atom stereocenters. The summed E-state index contributed by atoms with van der Waals surface area (Å²) in [6.45, 7) is 11.0. The van der Waals surface area contributed by atoms with Gasteiger partial charge in [-0.3, -0.25) is 47.9 Å². The van der Waals surface area contributed by atoms with Gasteiger partial charge in [-0.2, -0.15) is 26.3 Å². The molecule has 4 bridgehead atoms. The number of nitrogens with one attached hydrogen (secondary N) is 10. The van der Waals surface area contributed by atoms with Crippen molar-refractivity contribution in [3.63, 3.8) is 0 Å². The predicted molar refractivity (Wildman–Crippen MR) is 341 cm³/mol. The van der Waals surface area contributed by atoms with Crippen LogP contribution in [-0.2, 0) is 79.8 Å². The van der Waals surface area contributed by atoms with Crippen LogP contribution in [0.5, 0.6) is 0 Å². The number of carbonyl (C=O) groups excluding carboxylic acids is 10. The third-order valence-electron chi connectivity index (χ3n) is 15.5. The van der Waals surface area contributed by atoms with Crippen LogP contribution in [-0.4, -0.2) is 193 Å². The van der Waals surface area contributed by atoms with Crippen LogP contribution in [0.4, 0.5) is 26.3 Å². The van der Waals surface area contributed by atoms with E-state index in [2.05, 4.69) is 53.2 Å². The van der Waals surface area contributed by atoms with Gasteiger partial charge in [0, 0.05) is 51.6 Å². The Bertz CT molecular complexity index is 2760. The molecular weight excluding hydrogens is 1310 g/mol. The van der Waals surface area contributed by atoms with Crippen molar-refractivity contribution < 1.29 is 104 Å². The van der Waals surface area contributed by atoms with Crippen molar-refractivity contribution in [3.05, 3.63) is 71.8 Å². The number of nitrogens with two attached hydrogens (primary N) is 2. The Morgan fingerprint density at radius 2 is 0.827 bits per heavy atom. The fraction of sp³-hybridized carbons (Fsp3) is 0.625. The quantitative estimate of drug-likeness (QED) is 0.0521. The number of hydrogen-bond donors (Lipinski definition) is 14. The second-order valence-corrected chi connectivity index (χ2v) is 24.5. The summed E-state index contributed by atoms with van der Waals surface area (Å²) in [5, 5.41) is 42.9. The van der Waals surface area contributed by atoms with E-state index in [-0.39, 0.29) is 101 Å². The van der Waals surface area contributed by atoms with E-state index in [9.17, 15) is 74.3 Å². The average Bonchev–Trinajstić information content (AvgIpc) is 1.66. The van der Waals surface area contributed by atoms with E-state index < -0.39 is 144 Å². The number of halogens is 6. The van der Waals surface area contributed by atoms with Gasteiger partial charge >= 0.3 is 24.3 Å². The molecule has 16 N–H and O–H groups in total. The van der Waals surface area contributed by atoms with Gasteiger partial charge in [-0.05, 0) is 87.4 Å². The first-order chi connectivity index (χ1) is 46.1. The first-order valence-corrected chi connectivity index (χ1v) is 32.5. The van der Waals surface area contributed by atoms with E-state index in [1.807, 2.05) is 27.7 Å². The number of fused-ring (bicyclic) bond motifs is 4. The third-order valence-corrected chi connectivity index (χ3v) is 15.5. The molecule has 3 fully saturated rings. The number of amides is 10. The zero-order valence-corrected chi connectivity index (χ0v) is 55.6. The summed E-state index contributed by atoms with van der Waals surface area (Å²) in [4.78, 5) is 159. The summed E-state index contributed by atoms with van der Waals surface area (Å²) in [7, 11) is 0. The molecule has 10 amide bonds. The Hall–Kier alpha value is -8.50. The van der Waals surface area contributed by atoms with E-state index >= 15 is 0 Å². The lowest BCUT2D eigenvalue weighted by molar-refractivity contribution is -0.193. The minimum Gasteiger partial charge on any atom is -0.475 e. The van der Waals surface area contributed by atoms with E-state index in [0.29, 0.717) is 49.9 Å². The highest BCUT2D eigenvalue weighted by Gasteiger charge is 2.45. The Morgan fingerprint density at radius 1 is 0.510 bits per heavy atom. The van der Waals surface area contributed by atoms with Gasteiger partial charge in [-0.25, -0.2) is 9.59 Å². The maximum atomic E-state index is 14.6. The Morgan fingerprint density at radius 3 is 1.11 bits per heavy atom. The van der Waals surface area contributed by atoms with Crippen LogP contribution < -0.4 is 64.6 Å². The van der Waals surface area contributed by atoms with E-state index in [4.69, 9.17) is 40.7 Å². The molecule has 2 aromatic rings. The van der Waals surface area contributed by atoms with Crippen molar-refractivity contribution in [2.24, 2.45) is 23.3 Å². The van der Waals surface area contributed by atoms with Gasteiger partial charge in [-0.15, -0.1) is 0 Å².